The molecular weight excluding hydrogens is 516 g/mol. The van der Waals surface area contributed by atoms with Gasteiger partial charge >= 0.3 is 12.3 Å². The average Bonchev–Trinajstić information content (AvgIpc) is 3.31. The van der Waals surface area contributed by atoms with Gasteiger partial charge in [0.05, 0.1) is 0 Å². The molecule has 2 aliphatic heterocycles. The largest absolute Gasteiger partial charge is 0.444 e. The first-order valence-corrected chi connectivity index (χ1v) is 12.6. The molecule has 1 saturated heterocycles. The Bertz CT molecular complexity index is 1210. The Morgan fingerprint density at radius 1 is 1.00 bits per heavy atom. The molecule has 3 aliphatic rings. The number of nitrogens with zero attached hydrogens (tertiary/aromatic N) is 4. The van der Waals surface area contributed by atoms with Gasteiger partial charge < -0.3 is 15.0 Å². The molecule has 1 N–H and O–H groups in total. The van der Waals surface area contributed by atoms with Crippen molar-refractivity contribution in [3.05, 3.63) is 41.0 Å². The number of likely N-dealkylation sites (tertiary alicyclic amines) is 1. The van der Waals surface area contributed by atoms with E-state index in [1.165, 1.54) is 0 Å². The first-order valence-electron chi connectivity index (χ1n) is 12.6. The Morgan fingerprint density at radius 2 is 1.66 bits per heavy atom. The topological polar surface area (TPSA) is 72.3 Å². The molecule has 3 unspecified atom stereocenters. The second-order valence-corrected chi connectivity index (χ2v) is 11.3. The molecule has 3 heterocycles. The summed E-state index contributed by atoms with van der Waals surface area (Å²) in [6, 6.07) is -0.373. The SMILES string of the molecule is CC(C)(C)OC(=O)N1CC2CC[C@@H](C1)[C@@H]2Nc1nc2n(n1)C(C(F)(F)F)CCC2c1ccc(F)c(F)c1F. The molecule has 1 amide bonds. The number of halogens is 6. The molecule has 1 saturated carbocycles. The maximum atomic E-state index is 14.6. The van der Waals surface area contributed by atoms with Crippen LogP contribution in [0.25, 0.3) is 0 Å². The van der Waals surface area contributed by atoms with Gasteiger partial charge in [-0.3, -0.25) is 0 Å². The zero-order valence-electron chi connectivity index (χ0n) is 21.2. The lowest BCUT2D eigenvalue weighted by atomic mass is 9.88. The minimum atomic E-state index is -4.63. The third kappa shape index (κ3) is 4.91. The van der Waals surface area contributed by atoms with Crippen molar-refractivity contribution in [2.45, 2.75) is 76.2 Å². The normalized spacial score (nSPS) is 27.3. The van der Waals surface area contributed by atoms with Crippen molar-refractivity contribution in [3.63, 3.8) is 0 Å². The van der Waals surface area contributed by atoms with Gasteiger partial charge in [-0.25, -0.2) is 22.6 Å². The highest BCUT2D eigenvalue weighted by atomic mass is 19.4. The van der Waals surface area contributed by atoms with E-state index in [0.29, 0.717) is 13.1 Å². The number of fused-ring (bicyclic) bond motifs is 3. The number of carbonyl (C=O) groups is 1. The number of aromatic nitrogens is 3. The maximum absolute atomic E-state index is 14.6. The second-order valence-electron chi connectivity index (χ2n) is 11.3. The Labute approximate surface area is 215 Å². The summed E-state index contributed by atoms with van der Waals surface area (Å²) >= 11 is 0. The highest BCUT2D eigenvalue weighted by Crippen LogP contribution is 2.45. The van der Waals surface area contributed by atoms with Crippen LogP contribution in [-0.2, 0) is 4.74 Å². The highest BCUT2D eigenvalue weighted by Gasteiger charge is 2.48. The number of benzene rings is 1. The summed E-state index contributed by atoms with van der Waals surface area (Å²) in [5.41, 5.74) is -0.904. The molecular formula is C25H29F6N5O2. The summed E-state index contributed by atoms with van der Waals surface area (Å²) in [6.45, 7) is 6.20. The average molecular weight is 546 g/mol. The fourth-order valence-electron chi connectivity index (χ4n) is 5.93. The van der Waals surface area contributed by atoms with Gasteiger partial charge in [0.2, 0.25) is 5.95 Å². The van der Waals surface area contributed by atoms with Crippen molar-refractivity contribution in [2.75, 3.05) is 18.4 Å². The number of hydrogen-bond donors (Lipinski definition) is 1. The molecule has 1 aromatic carbocycles. The van der Waals surface area contributed by atoms with Gasteiger partial charge in [-0.05, 0) is 64.4 Å². The minimum absolute atomic E-state index is 0.0136. The van der Waals surface area contributed by atoms with Gasteiger partial charge in [-0.2, -0.15) is 18.2 Å². The van der Waals surface area contributed by atoms with Gasteiger partial charge in [-0.1, -0.05) is 6.07 Å². The van der Waals surface area contributed by atoms with Crippen molar-refractivity contribution in [3.8, 4) is 0 Å². The van der Waals surface area contributed by atoms with Gasteiger partial charge in [0, 0.05) is 30.6 Å². The van der Waals surface area contributed by atoms with Crippen molar-refractivity contribution in [1.29, 1.82) is 0 Å². The molecule has 0 spiro atoms. The molecule has 7 nitrogen and oxygen atoms in total. The van der Waals surface area contributed by atoms with Crippen LogP contribution < -0.4 is 5.32 Å². The molecule has 0 radical (unpaired) electrons. The van der Waals surface area contributed by atoms with Crippen LogP contribution in [0.3, 0.4) is 0 Å². The van der Waals surface area contributed by atoms with Crippen LogP contribution in [0.2, 0.25) is 0 Å². The van der Waals surface area contributed by atoms with E-state index < -0.39 is 53.7 Å². The third-order valence-corrected chi connectivity index (χ3v) is 7.59. The minimum Gasteiger partial charge on any atom is -0.444 e. The van der Waals surface area contributed by atoms with Crippen LogP contribution in [0.4, 0.5) is 37.1 Å². The van der Waals surface area contributed by atoms with Crippen LogP contribution in [0.1, 0.15) is 69.8 Å². The van der Waals surface area contributed by atoms with Crippen molar-refractivity contribution in [1.82, 2.24) is 19.7 Å². The second kappa shape index (κ2) is 9.33. The van der Waals surface area contributed by atoms with Crippen molar-refractivity contribution in [2.24, 2.45) is 11.8 Å². The van der Waals surface area contributed by atoms with E-state index in [1.807, 2.05) is 0 Å². The monoisotopic (exact) mass is 545 g/mol. The highest BCUT2D eigenvalue weighted by molar-refractivity contribution is 5.68. The fraction of sp³-hybridized carbons (Fsp3) is 0.640. The predicted octanol–water partition coefficient (Wildman–Crippen LogP) is 5.78. The summed E-state index contributed by atoms with van der Waals surface area (Å²) in [6.07, 6.45) is -4.00. The van der Waals surface area contributed by atoms with Crippen molar-refractivity contribution < 1.29 is 35.9 Å². The lowest BCUT2D eigenvalue weighted by molar-refractivity contribution is -0.175. The van der Waals surface area contributed by atoms with E-state index in [0.717, 1.165) is 29.7 Å². The van der Waals surface area contributed by atoms with Crippen LogP contribution >= 0.6 is 0 Å². The van der Waals surface area contributed by atoms with Crippen LogP contribution in [-0.4, -0.2) is 56.7 Å². The van der Waals surface area contributed by atoms with Gasteiger partial charge in [0.15, 0.2) is 17.5 Å². The molecule has 2 bridgehead atoms. The Kier molecular flexibility index (Phi) is 6.54. The molecule has 5 atom stereocenters. The molecule has 5 rings (SSSR count). The first-order chi connectivity index (χ1) is 17.7. The number of carbonyl (C=O) groups excluding carboxylic acids is 1. The predicted molar refractivity (Wildman–Crippen MR) is 124 cm³/mol. The van der Waals surface area contributed by atoms with Gasteiger partial charge in [0.25, 0.3) is 0 Å². The molecule has 13 heteroatoms. The van der Waals surface area contributed by atoms with Crippen LogP contribution in [0.5, 0.6) is 0 Å². The van der Waals surface area contributed by atoms with E-state index in [9.17, 15) is 31.1 Å². The number of amides is 1. The third-order valence-electron chi connectivity index (χ3n) is 7.59. The number of hydrogen-bond acceptors (Lipinski definition) is 5. The summed E-state index contributed by atoms with van der Waals surface area (Å²) in [5, 5.41) is 7.29. The molecule has 208 valence electrons. The Hall–Kier alpha value is -2.99. The number of nitrogens with one attached hydrogen (secondary N) is 1. The van der Waals surface area contributed by atoms with E-state index in [4.69, 9.17) is 4.74 Å². The molecule has 1 aliphatic carbocycles. The van der Waals surface area contributed by atoms with E-state index >= 15 is 0 Å². The van der Waals surface area contributed by atoms with E-state index in [2.05, 4.69) is 15.4 Å². The van der Waals surface area contributed by atoms with E-state index in [1.54, 1.807) is 25.7 Å². The number of rotatable bonds is 3. The quantitative estimate of drug-likeness (QED) is 0.391. The molecule has 38 heavy (non-hydrogen) atoms. The number of alkyl halides is 3. The number of ether oxygens (including phenoxy) is 1. The number of anilines is 1. The summed E-state index contributed by atoms with van der Waals surface area (Å²) in [4.78, 5) is 18.5. The standard InChI is InChI=1S/C25H29F6N5O2/c1-24(2,3)38-23(37)35-10-12-4-5-13(11-35)20(12)32-22-33-21-15(14-6-8-16(26)19(28)18(14)27)7-9-17(25(29,30)31)36(21)34-22/h6,8,12-13,15,17,20H,4-5,7,9-11H2,1-3H3,(H,32,34)/t12-,13?,15?,17?,20-/m0/s1. The van der Waals surface area contributed by atoms with Crippen molar-refractivity contribution >= 4 is 12.0 Å². The van der Waals surface area contributed by atoms with Gasteiger partial charge in [-0.15, -0.1) is 5.10 Å². The summed E-state index contributed by atoms with van der Waals surface area (Å²) < 4.78 is 89.8. The van der Waals surface area contributed by atoms with E-state index in [-0.39, 0.29) is 41.6 Å². The number of piperidine rings is 1. The molecule has 2 aromatic rings. The zero-order chi connectivity index (χ0) is 27.6. The summed E-state index contributed by atoms with van der Waals surface area (Å²) in [7, 11) is 0. The van der Waals surface area contributed by atoms with Gasteiger partial charge in [0.1, 0.15) is 17.5 Å². The Morgan fingerprint density at radius 3 is 2.26 bits per heavy atom. The maximum Gasteiger partial charge on any atom is 0.410 e. The zero-order valence-corrected chi connectivity index (χ0v) is 21.2. The molecule has 1 aromatic heterocycles. The fourth-order valence-corrected chi connectivity index (χ4v) is 5.93. The smallest absolute Gasteiger partial charge is 0.410 e. The van der Waals surface area contributed by atoms with Crippen LogP contribution in [0.15, 0.2) is 12.1 Å². The lowest BCUT2D eigenvalue weighted by Crippen LogP contribution is -2.51. The molecule has 2 fully saturated rings. The lowest BCUT2D eigenvalue weighted by Gasteiger charge is -2.38. The first kappa shape index (κ1) is 26.6. The summed E-state index contributed by atoms with van der Waals surface area (Å²) in [5.74, 6) is -5.72. The van der Waals surface area contributed by atoms with Crippen LogP contribution in [0, 0.1) is 29.3 Å². The Balaban J connectivity index is 1.41.